The van der Waals surface area contributed by atoms with E-state index in [2.05, 4.69) is 26.2 Å². The quantitative estimate of drug-likeness (QED) is 0.876. The van der Waals surface area contributed by atoms with Crippen molar-refractivity contribution in [2.24, 2.45) is 0 Å². The van der Waals surface area contributed by atoms with Gasteiger partial charge < -0.3 is 10.6 Å². The summed E-state index contributed by atoms with van der Waals surface area (Å²) in [5, 5.41) is 17.5. The van der Waals surface area contributed by atoms with E-state index in [-0.39, 0.29) is 30.0 Å². The Balaban J connectivity index is 0.00000169. The standard InChI is InChI=1S/C15H17FN6O.ClH/c16-11-6-5-10(18-15(23)12-2-1-7-17-12)8-13(11)22-14(9-3-4-9)19-20-21-22;/h5-6,8-9,12,17H,1-4,7H2,(H,18,23);1H. The highest BCUT2D eigenvalue weighted by molar-refractivity contribution is 5.95. The molecule has 7 nitrogen and oxygen atoms in total. The second kappa shape index (κ2) is 6.82. The predicted molar refractivity (Wildman–Crippen MR) is 88.0 cm³/mol. The summed E-state index contributed by atoms with van der Waals surface area (Å²) < 4.78 is 15.6. The van der Waals surface area contributed by atoms with Crippen LogP contribution < -0.4 is 10.6 Å². The number of nitrogens with one attached hydrogen (secondary N) is 2. The van der Waals surface area contributed by atoms with Gasteiger partial charge in [0.05, 0.1) is 6.04 Å². The maximum absolute atomic E-state index is 14.2. The van der Waals surface area contributed by atoms with Crippen molar-refractivity contribution in [3.8, 4) is 5.69 Å². The highest BCUT2D eigenvalue weighted by Crippen LogP contribution is 2.39. The summed E-state index contributed by atoms with van der Waals surface area (Å²) in [5.74, 6) is 0.450. The minimum Gasteiger partial charge on any atom is -0.325 e. The maximum Gasteiger partial charge on any atom is 0.241 e. The fraction of sp³-hybridized carbons (Fsp3) is 0.467. The average Bonchev–Trinajstić information content (AvgIpc) is 3.04. The molecular formula is C15H18ClFN6O. The molecule has 0 radical (unpaired) electrons. The molecule has 128 valence electrons. The zero-order valence-corrected chi connectivity index (χ0v) is 13.7. The third kappa shape index (κ3) is 3.25. The van der Waals surface area contributed by atoms with Gasteiger partial charge in [0.15, 0.2) is 5.82 Å². The zero-order chi connectivity index (χ0) is 15.8. The average molecular weight is 353 g/mol. The van der Waals surface area contributed by atoms with Crippen molar-refractivity contribution in [2.45, 2.75) is 37.6 Å². The number of tetrazole rings is 1. The molecule has 0 bridgehead atoms. The number of hydrogen-bond donors (Lipinski definition) is 2. The molecule has 1 saturated carbocycles. The topological polar surface area (TPSA) is 84.7 Å². The van der Waals surface area contributed by atoms with E-state index in [4.69, 9.17) is 0 Å². The van der Waals surface area contributed by atoms with Gasteiger partial charge in [-0.15, -0.1) is 17.5 Å². The third-order valence-electron chi connectivity index (χ3n) is 4.25. The molecule has 1 saturated heterocycles. The monoisotopic (exact) mass is 352 g/mol. The molecule has 1 aromatic carbocycles. The molecule has 2 aromatic rings. The van der Waals surface area contributed by atoms with E-state index >= 15 is 0 Å². The lowest BCUT2D eigenvalue weighted by Crippen LogP contribution is -2.35. The first kappa shape index (κ1) is 16.8. The predicted octanol–water partition coefficient (Wildman–Crippen LogP) is 1.79. The Morgan fingerprint density at radius 3 is 2.88 bits per heavy atom. The van der Waals surface area contributed by atoms with Crippen molar-refractivity contribution >= 4 is 24.0 Å². The fourth-order valence-corrected chi connectivity index (χ4v) is 2.85. The Bertz CT molecular complexity index is 741. The highest BCUT2D eigenvalue weighted by atomic mass is 35.5. The first-order valence-electron chi connectivity index (χ1n) is 7.85. The van der Waals surface area contributed by atoms with Crippen LogP contribution in [0, 0.1) is 5.82 Å². The number of anilines is 1. The highest BCUT2D eigenvalue weighted by Gasteiger charge is 2.30. The Labute approximate surface area is 144 Å². The number of aromatic nitrogens is 4. The molecule has 0 spiro atoms. The Kier molecular flexibility index (Phi) is 4.77. The summed E-state index contributed by atoms with van der Waals surface area (Å²) >= 11 is 0. The van der Waals surface area contributed by atoms with E-state index in [1.807, 2.05) is 0 Å². The van der Waals surface area contributed by atoms with Crippen LogP contribution in [-0.2, 0) is 4.79 Å². The van der Waals surface area contributed by atoms with Gasteiger partial charge in [0.2, 0.25) is 5.91 Å². The van der Waals surface area contributed by atoms with Crippen molar-refractivity contribution < 1.29 is 9.18 Å². The van der Waals surface area contributed by atoms with Crippen LogP contribution in [-0.4, -0.2) is 38.7 Å². The van der Waals surface area contributed by atoms with Gasteiger partial charge in [-0.05, 0) is 60.9 Å². The normalized spacial score (nSPS) is 19.8. The number of carbonyl (C=O) groups excluding carboxylic acids is 1. The van der Waals surface area contributed by atoms with Gasteiger partial charge in [0.1, 0.15) is 11.5 Å². The number of nitrogens with zero attached hydrogens (tertiary/aromatic N) is 4. The number of benzene rings is 1. The number of halogens is 2. The maximum atomic E-state index is 14.2. The van der Waals surface area contributed by atoms with Gasteiger partial charge in [-0.3, -0.25) is 4.79 Å². The molecule has 1 unspecified atom stereocenters. The molecular weight excluding hydrogens is 335 g/mol. The van der Waals surface area contributed by atoms with Gasteiger partial charge in [0, 0.05) is 11.6 Å². The minimum atomic E-state index is -0.420. The summed E-state index contributed by atoms with van der Waals surface area (Å²) in [4.78, 5) is 12.2. The van der Waals surface area contributed by atoms with Crippen LogP contribution in [0.2, 0.25) is 0 Å². The number of carbonyl (C=O) groups is 1. The molecule has 1 aliphatic carbocycles. The van der Waals surface area contributed by atoms with E-state index in [0.717, 1.165) is 32.2 Å². The summed E-state index contributed by atoms with van der Waals surface area (Å²) in [5.41, 5.74) is 0.798. The third-order valence-corrected chi connectivity index (χ3v) is 4.25. The SMILES string of the molecule is Cl.O=C(Nc1ccc(F)c(-n2nnnc2C2CC2)c1)C1CCCN1. The summed E-state index contributed by atoms with van der Waals surface area (Å²) in [6.45, 7) is 0.849. The van der Waals surface area contributed by atoms with Crippen LogP contribution in [0.4, 0.5) is 10.1 Å². The van der Waals surface area contributed by atoms with Gasteiger partial charge in [-0.25, -0.2) is 4.39 Å². The zero-order valence-electron chi connectivity index (χ0n) is 12.9. The Morgan fingerprint density at radius 1 is 1.33 bits per heavy atom. The van der Waals surface area contributed by atoms with E-state index in [9.17, 15) is 9.18 Å². The van der Waals surface area contributed by atoms with E-state index in [1.54, 1.807) is 12.1 Å². The lowest BCUT2D eigenvalue weighted by Gasteiger charge is -2.12. The van der Waals surface area contributed by atoms with Crippen LogP contribution in [0.1, 0.15) is 37.4 Å². The second-order valence-electron chi connectivity index (χ2n) is 6.03. The summed E-state index contributed by atoms with van der Waals surface area (Å²) in [7, 11) is 0. The number of amides is 1. The van der Waals surface area contributed by atoms with Crippen LogP contribution in [0.25, 0.3) is 5.69 Å². The van der Waals surface area contributed by atoms with Crippen molar-refractivity contribution in [3.05, 3.63) is 29.8 Å². The van der Waals surface area contributed by atoms with Crippen molar-refractivity contribution in [1.82, 2.24) is 25.5 Å². The molecule has 9 heteroatoms. The molecule has 4 rings (SSSR count). The molecule has 1 aromatic heterocycles. The first-order valence-corrected chi connectivity index (χ1v) is 7.85. The lowest BCUT2D eigenvalue weighted by atomic mass is 10.2. The largest absolute Gasteiger partial charge is 0.325 e. The Morgan fingerprint density at radius 2 is 2.17 bits per heavy atom. The molecule has 2 aliphatic rings. The summed E-state index contributed by atoms with van der Waals surface area (Å²) in [6, 6.07) is 4.27. The van der Waals surface area contributed by atoms with Crippen LogP contribution in [0.5, 0.6) is 0 Å². The second-order valence-corrected chi connectivity index (χ2v) is 6.03. The van der Waals surface area contributed by atoms with Gasteiger partial charge in [-0.2, -0.15) is 4.68 Å². The smallest absolute Gasteiger partial charge is 0.241 e. The molecule has 24 heavy (non-hydrogen) atoms. The first-order chi connectivity index (χ1) is 11.2. The van der Waals surface area contributed by atoms with Gasteiger partial charge in [0.25, 0.3) is 0 Å². The van der Waals surface area contributed by atoms with Crippen LogP contribution in [0.3, 0.4) is 0 Å². The van der Waals surface area contributed by atoms with E-state index in [0.29, 0.717) is 17.4 Å². The minimum absolute atomic E-state index is 0. The number of hydrogen-bond acceptors (Lipinski definition) is 5. The van der Waals surface area contributed by atoms with Gasteiger partial charge in [-0.1, -0.05) is 0 Å². The Hall–Kier alpha value is -2.06. The van der Waals surface area contributed by atoms with Crippen LogP contribution in [0.15, 0.2) is 18.2 Å². The van der Waals surface area contributed by atoms with E-state index in [1.165, 1.54) is 10.7 Å². The van der Waals surface area contributed by atoms with Crippen molar-refractivity contribution in [3.63, 3.8) is 0 Å². The lowest BCUT2D eigenvalue weighted by molar-refractivity contribution is -0.117. The van der Waals surface area contributed by atoms with Crippen LogP contribution >= 0.6 is 12.4 Å². The van der Waals surface area contributed by atoms with E-state index < -0.39 is 5.82 Å². The molecule has 1 atom stereocenters. The molecule has 1 aliphatic heterocycles. The summed E-state index contributed by atoms with van der Waals surface area (Å²) in [6.07, 6.45) is 3.85. The number of rotatable bonds is 4. The van der Waals surface area contributed by atoms with Crippen molar-refractivity contribution in [1.29, 1.82) is 0 Å². The molecule has 2 fully saturated rings. The fourth-order valence-electron chi connectivity index (χ4n) is 2.85. The molecule has 2 heterocycles. The van der Waals surface area contributed by atoms with Gasteiger partial charge >= 0.3 is 0 Å². The molecule has 1 amide bonds. The van der Waals surface area contributed by atoms with Crippen molar-refractivity contribution in [2.75, 3.05) is 11.9 Å². The molecule has 2 N–H and O–H groups in total.